The molecule has 0 aromatic rings. The minimum Gasteiger partial charge on any atom is -0.389 e. The van der Waals surface area contributed by atoms with E-state index in [1.165, 1.54) is 0 Å². The van der Waals surface area contributed by atoms with Crippen LogP contribution in [0.5, 0.6) is 0 Å². The van der Waals surface area contributed by atoms with Crippen molar-refractivity contribution in [3.05, 3.63) is 0 Å². The Hall–Kier alpha value is -0.160. The number of hydrogen-bond donors (Lipinski definition) is 2. The molecule has 1 unspecified atom stereocenters. The van der Waals surface area contributed by atoms with Crippen molar-refractivity contribution in [3.63, 3.8) is 0 Å². The van der Waals surface area contributed by atoms with E-state index in [9.17, 15) is 5.11 Å². The lowest BCUT2D eigenvalue weighted by Gasteiger charge is -2.26. The first kappa shape index (κ1) is 16.8. The van der Waals surface area contributed by atoms with E-state index in [-0.39, 0.29) is 11.2 Å². The predicted octanol–water partition coefficient (Wildman–Crippen LogP) is 1.57. The molecular weight excluding hydrogens is 218 g/mol. The number of nitrogens with one attached hydrogen (secondary N) is 1. The van der Waals surface area contributed by atoms with Crippen LogP contribution in [-0.2, 0) is 9.47 Å². The fourth-order valence-corrected chi connectivity index (χ4v) is 1.39. The van der Waals surface area contributed by atoms with Crippen LogP contribution in [0.2, 0.25) is 0 Å². The highest BCUT2D eigenvalue weighted by atomic mass is 16.5. The quantitative estimate of drug-likeness (QED) is 0.683. The Kier molecular flexibility index (Phi) is 7.24. The fourth-order valence-electron chi connectivity index (χ4n) is 1.39. The molecule has 17 heavy (non-hydrogen) atoms. The van der Waals surface area contributed by atoms with Crippen LogP contribution in [0.4, 0.5) is 0 Å². The Bertz CT molecular complexity index is 199. The van der Waals surface area contributed by atoms with Crippen LogP contribution in [0.3, 0.4) is 0 Å². The first-order valence-corrected chi connectivity index (χ1v) is 6.33. The van der Waals surface area contributed by atoms with Gasteiger partial charge in [0.1, 0.15) is 0 Å². The van der Waals surface area contributed by atoms with Crippen molar-refractivity contribution < 1.29 is 14.6 Å². The SMILES string of the molecule is CCOC(C)(C)CNCC(O)COC(C)(C)C. The molecule has 0 heterocycles. The van der Waals surface area contributed by atoms with Gasteiger partial charge in [0.2, 0.25) is 0 Å². The summed E-state index contributed by atoms with van der Waals surface area (Å²) in [6, 6.07) is 0. The Labute approximate surface area is 106 Å². The second kappa shape index (κ2) is 7.31. The molecule has 0 amide bonds. The molecule has 0 aliphatic rings. The molecule has 0 bridgehead atoms. The minimum absolute atomic E-state index is 0.195. The number of rotatable bonds is 8. The average molecular weight is 247 g/mol. The highest BCUT2D eigenvalue weighted by Crippen LogP contribution is 2.08. The molecule has 0 spiro atoms. The molecule has 0 rings (SSSR count). The van der Waals surface area contributed by atoms with Crippen molar-refractivity contribution in [2.24, 2.45) is 0 Å². The summed E-state index contributed by atoms with van der Waals surface area (Å²) in [5.74, 6) is 0. The monoisotopic (exact) mass is 247 g/mol. The van der Waals surface area contributed by atoms with Gasteiger partial charge in [-0.25, -0.2) is 0 Å². The molecule has 0 aromatic heterocycles. The molecule has 104 valence electrons. The molecule has 4 nitrogen and oxygen atoms in total. The van der Waals surface area contributed by atoms with E-state index in [2.05, 4.69) is 5.32 Å². The van der Waals surface area contributed by atoms with Gasteiger partial charge in [0.05, 0.1) is 23.9 Å². The van der Waals surface area contributed by atoms with E-state index in [1.807, 2.05) is 41.5 Å². The van der Waals surface area contributed by atoms with E-state index in [0.29, 0.717) is 26.3 Å². The Morgan fingerprint density at radius 2 is 1.71 bits per heavy atom. The van der Waals surface area contributed by atoms with Crippen molar-refractivity contribution in [2.45, 2.75) is 58.8 Å². The lowest BCUT2D eigenvalue weighted by molar-refractivity contribution is -0.0508. The number of hydrogen-bond acceptors (Lipinski definition) is 4. The van der Waals surface area contributed by atoms with Crippen LogP contribution in [-0.4, -0.2) is 48.7 Å². The zero-order valence-electron chi connectivity index (χ0n) is 12.2. The molecule has 0 aromatic carbocycles. The summed E-state index contributed by atoms with van der Waals surface area (Å²) in [5.41, 5.74) is -0.398. The molecule has 0 radical (unpaired) electrons. The summed E-state index contributed by atoms with van der Waals surface area (Å²) >= 11 is 0. The van der Waals surface area contributed by atoms with Gasteiger partial charge in [0.15, 0.2) is 0 Å². The van der Waals surface area contributed by atoms with Crippen molar-refractivity contribution in [1.29, 1.82) is 0 Å². The van der Waals surface area contributed by atoms with Crippen LogP contribution in [0.1, 0.15) is 41.5 Å². The smallest absolute Gasteiger partial charge is 0.0897 e. The Morgan fingerprint density at radius 1 is 1.12 bits per heavy atom. The summed E-state index contributed by atoms with van der Waals surface area (Å²) in [5, 5.41) is 12.9. The van der Waals surface area contributed by atoms with Crippen molar-refractivity contribution in [2.75, 3.05) is 26.3 Å². The zero-order chi connectivity index (χ0) is 13.5. The molecule has 1 atom stereocenters. The average Bonchev–Trinajstić information content (AvgIpc) is 2.13. The highest BCUT2D eigenvalue weighted by molar-refractivity contribution is 4.73. The maximum atomic E-state index is 9.71. The first-order valence-electron chi connectivity index (χ1n) is 6.33. The van der Waals surface area contributed by atoms with Crippen molar-refractivity contribution >= 4 is 0 Å². The summed E-state index contributed by atoms with van der Waals surface area (Å²) in [4.78, 5) is 0. The van der Waals surface area contributed by atoms with E-state index < -0.39 is 6.10 Å². The molecule has 0 aliphatic carbocycles. The normalized spacial score (nSPS) is 15.0. The van der Waals surface area contributed by atoms with Gasteiger partial charge >= 0.3 is 0 Å². The molecular formula is C13H29NO3. The van der Waals surface area contributed by atoms with Crippen LogP contribution in [0.15, 0.2) is 0 Å². The van der Waals surface area contributed by atoms with E-state index in [4.69, 9.17) is 9.47 Å². The number of aliphatic hydroxyl groups is 1. The maximum absolute atomic E-state index is 9.71. The standard InChI is InChI=1S/C13H29NO3/c1-7-16-13(5,6)10-14-8-11(15)9-17-12(2,3)4/h11,14-15H,7-10H2,1-6H3. The van der Waals surface area contributed by atoms with Crippen LogP contribution in [0, 0.1) is 0 Å². The maximum Gasteiger partial charge on any atom is 0.0897 e. The molecule has 2 N–H and O–H groups in total. The van der Waals surface area contributed by atoms with Gasteiger partial charge in [0, 0.05) is 19.7 Å². The third kappa shape index (κ3) is 10.7. The predicted molar refractivity (Wildman–Crippen MR) is 70.3 cm³/mol. The lowest BCUT2D eigenvalue weighted by atomic mass is 10.1. The van der Waals surface area contributed by atoms with Gasteiger partial charge in [0.25, 0.3) is 0 Å². The lowest BCUT2D eigenvalue weighted by Crippen LogP contribution is -2.42. The van der Waals surface area contributed by atoms with Crippen molar-refractivity contribution in [3.8, 4) is 0 Å². The van der Waals surface area contributed by atoms with Crippen LogP contribution in [0.25, 0.3) is 0 Å². The summed E-state index contributed by atoms with van der Waals surface area (Å²) in [6.45, 7) is 14.3. The topological polar surface area (TPSA) is 50.7 Å². The number of aliphatic hydroxyl groups excluding tert-OH is 1. The minimum atomic E-state index is -0.480. The van der Waals surface area contributed by atoms with E-state index in [0.717, 1.165) is 0 Å². The molecule has 0 fully saturated rings. The third-order valence-electron chi connectivity index (χ3n) is 2.17. The third-order valence-corrected chi connectivity index (χ3v) is 2.17. The molecule has 0 aliphatic heterocycles. The van der Waals surface area contributed by atoms with E-state index >= 15 is 0 Å². The second-order valence-electron chi connectivity index (χ2n) is 5.90. The van der Waals surface area contributed by atoms with Gasteiger partial charge < -0.3 is 19.9 Å². The molecule has 0 saturated carbocycles. The largest absolute Gasteiger partial charge is 0.389 e. The van der Waals surface area contributed by atoms with Crippen LogP contribution < -0.4 is 5.32 Å². The molecule has 0 saturated heterocycles. The van der Waals surface area contributed by atoms with Gasteiger partial charge in [-0.05, 0) is 41.5 Å². The van der Waals surface area contributed by atoms with Gasteiger partial charge in [-0.3, -0.25) is 0 Å². The van der Waals surface area contributed by atoms with Gasteiger partial charge in [-0.1, -0.05) is 0 Å². The van der Waals surface area contributed by atoms with Crippen LogP contribution >= 0.6 is 0 Å². The highest BCUT2D eigenvalue weighted by Gasteiger charge is 2.18. The second-order valence-corrected chi connectivity index (χ2v) is 5.90. The molecule has 4 heteroatoms. The Morgan fingerprint density at radius 3 is 2.18 bits per heavy atom. The summed E-state index contributed by atoms with van der Waals surface area (Å²) in [6.07, 6.45) is -0.480. The summed E-state index contributed by atoms with van der Waals surface area (Å²) in [7, 11) is 0. The van der Waals surface area contributed by atoms with Gasteiger partial charge in [-0.2, -0.15) is 0 Å². The number of ether oxygens (including phenoxy) is 2. The van der Waals surface area contributed by atoms with E-state index in [1.54, 1.807) is 0 Å². The fraction of sp³-hybridized carbons (Fsp3) is 1.00. The Balaban J connectivity index is 3.67. The van der Waals surface area contributed by atoms with Gasteiger partial charge in [-0.15, -0.1) is 0 Å². The van der Waals surface area contributed by atoms with Crippen molar-refractivity contribution in [1.82, 2.24) is 5.32 Å². The summed E-state index contributed by atoms with van der Waals surface area (Å²) < 4.78 is 11.1. The zero-order valence-corrected chi connectivity index (χ0v) is 12.2. The first-order chi connectivity index (χ1) is 7.66.